The number of esters is 1. The Balaban J connectivity index is 1.35. The largest absolute Gasteiger partial charge is 0.426 e. The molecule has 32 heavy (non-hydrogen) atoms. The van der Waals surface area contributed by atoms with Gasteiger partial charge in [0.2, 0.25) is 0 Å². The van der Waals surface area contributed by atoms with E-state index in [4.69, 9.17) is 29.2 Å². The van der Waals surface area contributed by atoms with Crippen LogP contribution in [0.4, 0.5) is 0 Å². The van der Waals surface area contributed by atoms with Crippen LogP contribution in [0.1, 0.15) is 34.9 Å². The van der Waals surface area contributed by atoms with Crippen LogP contribution in [0.25, 0.3) is 10.4 Å². The lowest BCUT2D eigenvalue weighted by Crippen LogP contribution is -2.17. The fraction of sp³-hybridized carbons (Fsp3) is 0.160. The van der Waals surface area contributed by atoms with Crippen molar-refractivity contribution in [3.05, 3.63) is 93.1 Å². The van der Waals surface area contributed by atoms with Gasteiger partial charge in [0.05, 0.1) is 16.5 Å². The zero-order valence-corrected chi connectivity index (χ0v) is 20.5. The zero-order chi connectivity index (χ0) is 22.2. The molecule has 0 spiro atoms. The highest BCUT2D eigenvalue weighted by Crippen LogP contribution is 2.35. The average molecular weight is 494 g/mol. The molecule has 1 atom stereocenters. The first-order valence-corrected chi connectivity index (χ1v) is 13.2. The van der Waals surface area contributed by atoms with Crippen molar-refractivity contribution < 1.29 is 9.53 Å². The summed E-state index contributed by atoms with van der Waals surface area (Å²) in [5, 5.41) is 0. The second kappa shape index (κ2) is 8.83. The number of aromatic nitrogens is 1. The van der Waals surface area contributed by atoms with Crippen LogP contribution in [0.3, 0.4) is 0 Å². The van der Waals surface area contributed by atoms with Crippen molar-refractivity contribution in [3.8, 4) is 16.2 Å². The van der Waals surface area contributed by atoms with Crippen LogP contribution in [0.15, 0.2) is 66.7 Å². The first-order chi connectivity index (χ1) is 15.5. The molecule has 0 fully saturated rings. The average Bonchev–Trinajstić information content (AvgIpc) is 3.51. The van der Waals surface area contributed by atoms with Gasteiger partial charge in [-0.2, -0.15) is 0 Å². The number of carbonyl (C=O) groups is 1. The molecule has 0 saturated carbocycles. The highest BCUT2D eigenvalue weighted by atomic mass is 32.9. The molecule has 0 bridgehead atoms. The fourth-order valence-corrected chi connectivity index (χ4v) is 6.79. The topological polar surface area (TPSA) is 31.2 Å². The second-order valence-corrected chi connectivity index (χ2v) is 11.0. The maximum Gasteiger partial charge on any atom is 0.320 e. The Morgan fingerprint density at radius 2 is 1.88 bits per heavy atom. The number of ether oxygens (including phenoxy) is 1. The van der Waals surface area contributed by atoms with E-state index in [-0.39, 0.29) is 11.9 Å². The van der Waals surface area contributed by atoms with Crippen LogP contribution in [0.2, 0.25) is 0 Å². The monoisotopic (exact) mass is 493 g/mol. The summed E-state index contributed by atoms with van der Waals surface area (Å²) in [5.74, 6) is 0.0898. The van der Waals surface area contributed by atoms with Crippen LogP contribution in [0.5, 0.6) is 5.75 Å². The summed E-state index contributed by atoms with van der Waals surface area (Å²) in [5.41, 5.74) is 4.98. The Morgan fingerprint density at radius 3 is 2.59 bits per heavy atom. The number of aryl methyl sites for hydroxylation is 1. The van der Waals surface area contributed by atoms with E-state index in [9.17, 15) is 4.79 Å². The summed E-state index contributed by atoms with van der Waals surface area (Å²) >= 11 is 11.0. The first kappa shape index (κ1) is 21.4. The molecular weight excluding hydrogens is 475 g/mol. The van der Waals surface area contributed by atoms with Crippen molar-refractivity contribution in [2.24, 2.45) is 0 Å². The Morgan fingerprint density at radius 1 is 1.06 bits per heavy atom. The van der Waals surface area contributed by atoms with Gasteiger partial charge >= 0.3 is 5.97 Å². The number of thiocarbonyl (C=S) groups is 1. The highest BCUT2D eigenvalue weighted by Gasteiger charge is 2.33. The molecule has 3 nitrogen and oxygen atoms in total. The van der Waals surface area contributed by atoms with E-state index in [1.54, 1.807) is 20.7 Å². The molecule has 5 rings (SSSR count). The van der Waals surface area contributed by atoms with E-state index in [0.29, 0.717) is 12.2 Å². The lowest BCUT2D eigenvalue weighted by Gasteiger charge is -2.12. The van der Waals surface area contributed by atoms with Crippen molar-refractivity contribution in [1.82, 2.24) is 4.57 Å². The molecule has 1 aliphatic rings. The Hall–Kier alpha value is -2.45. The van der Waals surface area contributed by atoms with Gasteiger partial charge in [-0.3, -0.25) is 4.79 Å². The maximum atomic E-state index is 13.1. The fourth-order valence-electron chi connectivity index (χ4n) is 4.09. The van der Waals surface area contributed by atoms with Gasteiger partial charge in [0.15, 0.2) is 0 Å². The minimum atomic E-state index is -0.289. The smallest absolute Gasteiger partial charge is 0.320 e. The minimum Gasteiger partial charge on any atom is -0.426 e. The number of hydrogen-bond donors (Lipinski definition) is 0. The molecule has 0 saturated heterocycles. The van der Waals surface area contributed by atoms with Crippen molar-refractivity contribution >= 4 is 56.0 Å². The van der Waals surface area contributed by atoms with E-state index in [1.165, 1.54) is 0 Å². The van der Waals surface area contributed by atoms with Gasteiger partial charge in [0, 0.05) is 17.1 Å². The van der Waals surface area contributed by atoms with Gasteiger partial charge in [-0.25, -0.2) is 0 Å². The summed E-state index contributed by atoms with van der Waals surface area (Å²) in [4.78, 5) is 15.0. The highest BCUT2D eigenvalue weighted by molar-refractivity contribution is 7.81. The molecule has 0 radical (unpaired) electrons. The summed E-state index contributed by atoms with van der Waals surface area (Å²) < 4.78 is 8.87. The third-order valence-corrected chi connectivity index (χ3v) is 9.05. The van der Waals surface area contributed by atoms with Gasteiger partial charge in [0.1, 0.15) is 9.57 Å². The van der Waals surface area contributed by atoms with Gasteiger partial charge < -0.3 is 9.30 Å². The van der Waals surface area contributed by atoms with Crippen LogP contribution in [-0.2, 0) is 11.3 Å². The van der Waals surface area contributed by atoms with Crippen molar-refractivity contribution in [3.63, 3.8) is 0 Å². The third kappa shape index (κ3) is 4.01. The number of rotatable bonds is 5. The number of nitrogens with zero attached hydrogens (tertiary/aromatic N) is 1. The van der Waals surface area contributed by atoms with E-state index in [1.807, 2.05) is 73.7 Å². The minimum absolute atomic E-state index is 0.221. The van der Waals surface area contributed by atoms with Gasteiger partial charge in [0.25, 0.3) is 0 Å². The van der Waals surface area contributed by atoms with Crippen LogP contribution in [0, 0.1) is 10.7 Å². The van der Waals surface area contributed by atoms with Crippen LogP contribution >= 0.6 is 45.1 Å². The molecule has 7 heteroatoms. The summed E-state index contributed by atoms with van der Waals surface area (Å²) in [6.45, 7) is 2.72. The molecular formula is C25H19NO2S4. The summed E-state index contributed by atoms with van der Waals surface area (Å²) in [6.07, 6.45) is 0.717. The number of benzene rings is 2. The predicted molar refractivity (Wildman–Crippen MR) is 138 cm³/mol. The molecule has 0 aliphatic carbocycles. The number of fused-ring (bicyclic) bond motifs is 1. The third-order valence-electron chi connectivity index (χ3n) is 5.70. The Bertz CT molecular complexity index is 1380. The molecule has 0 amide bonds. The van der Waals surface area contributed by atoms with Crippen molar-refractivity contribution in [1.29, 1.82) is 0 Å². The number of carbonyl (C=O) groups excluding carboxylic acids is 1. The van der Waals surface area contributed by atoms with Gasteiger partial charge in [-0.1, -0.05) is 75.4 Å². The Kier molecular flexibility index (Phi) is 5.90. The molecule has 3 heterocycles. The van der Waals surface area contributed by atoms with E-state index in [2.05, 4.69) is 4.57 Å². The van der Waals surface area contributed by atoms with E-state index < -0.39 is 0 Å². The summed E-state index contributed by atoms with van der Waals surface area (Å²) in [6, 6.07) is 21.9. The quantitative estimate of drug-likeness (QED) is 0.0969. The van der Waals surface area contributed by atoms with Crippen molar-refractivity contribution in [2.75, 3.05) is 0 Å². The van der Waals surface area contributed by atoms with Crippen LogP contribution in [-0.4, -0.2) is 15.4 Å². The first-order valence-electron chi connectivity index (χ1n) is 10.2. The van der Waals surface area contributed by atoms with Gasteiger partial charge in [-0.05, 0) is 66.4 Å². The summed E-state index contributed by atoms with van der Waals surface area (Å²) in [7, 11) is 3.26. The van der Waals surface area contributed by atoms with E-state index in [0.717, 1.165) is 48.2 Å². The lowest BCUT2D eigenvalue weighted by molar-refractivity contribution is -0.136. The zero-order valence-electron chi connectivity index (χ0n) is 17.2. The molecule has 0 N–H and O–H groups in total. The normalized spacial score (nSPS) is 14.8. The lowest BCUT2D eigenvalue weighted by atomic mass is 10.0. The molecule has 1 unspecified atom stereocenters. The SMILES string of the molecule is Cc1cc(-c2cc(=S)ss2)ccc1OC(=O)C1CCn2c(C(=S)c3ccccc3)ccc21. The van der Waals surface area contributed by atoms with Crippen molar-refractivity contribution in [2.45, 2.75) is 25.8 Å². The van der Waals surface area contributed by atoms with Gasteiger partial charge in [-0.15, -0.1) is 0 Å². The molecule has 1 aliphatic heterocycles. The molecule has 4 aromatic rings. The molecule has 2 aromatic carbocycles. The molecule has 160 valence electrons. The molecule has 2 aromatic heterocycles. The standard InChI is InChI=1S/C25H19NO2S4/c1-15-13-17(22-14-23(29)32-31-22)7-10-21(15)28-25(27)18-11-12-26-19(18)8-9-20(26)24(30)16-5-3-2-4-6-16/h2-10,13-14,18H,11-12H2,1H3. The van der Waals surface area contributed by atoms with Crippen LogP contribution < -0.4 is 4.74 Å². The van der Waals surface area contributed by atoms with E-state index >= 15 is 0 Å². The predicted octanol–water partition coefficient (Wildman–Crippen LogP) is 7.18. The number of hydrogen-bond acceptors (Lipinski definition) is 6. The maximum absolute atomic E-state index is 13.1. The Labute approximate surface area is 204 Å². The second-order valence-electron chi connectivity index (χ2n) is 7.73.